The Morgan fingerprint density at radius 2 is 2.09 bits per heavy atom. The summed E-state index contributed by atoms with van der Waals surface area (Å²) in [5, 5.41) is 4.22. The summed E-state index contributed by atoms with van der Waals surface area (Å²) >= 11 is 16.5. The van der Waals surface area contributed by atoms with Crippen LogP contribution in [0.5, 0.6) is 5.88 Å². The molecule has 2 aromatic rings. The van der Waals surface area contributed by atoms with Crippen molar-refractivity contribution in [2.75, 3.05) is 17.6 Å². The van der Waals surface area contributed by atoms with Gasteiger partial charge in [-0.25, -0.2) is 4.98 Å². The van der Waals surface area contributed by atoms with E-state index in [4.69, 9.17) is 33.7 Å². The molecule has 2 rings (SSSR count). The first-order chi connectivity index (χ1) is 11.0. The molecule has 4 nitrogen and oxygen atoms in total. The lowest BCUT2D eigenvalue weighted by atomic mass is 10.1. The number of hydrogen-bond acceptors (Lipinski definition) is 5. The number of thiol groups is 1. The van der Waals surface area contributed by atoms with Crippen molar-refractivity contribution in [1.82, 2.24) is 4.98 Å². The SMILES string of the molecule is CC(Oc1ncccc1NCC(N)CS)c1cccc(Cl)c1Cl. The fraction of sp³-hybridized carbons (Fsp3) is 0.312. The van der Waals surface area contributed by atoms with Gasteiger partial charge in [0.2, 0.25) is 5.88 Å². The zero-order valence-corrected chi connectivity index (χ0v) is 15.1. The van der Waals surface area contributed by atoms with Crippen LogP contribution in [0.25, 0.3) is 0 Å². The zero-order chi connectivity index (χ0) is 16.8. The number of pyridine rings is 1. The van der Waals surface area contributed by atoms with E-state index in [1.54, 1.807) is 12.3 Å². The van der Waals surface area contributed by atoms with E-state index in [1.165, 1.54) is 0 Å². The van der Waals surface area contributed by atoms with Crippen LogP contribution in [0, 0.1) is 0 Å². The Balaban J connectivity index is 2.14. The van der Waals surface area contributed by atoms with Crippen molar-refractivity contribution < 1.29 is 4.74 Å². The number of anilines is 1. The first-order valence-electron chi connectivity index (χ1n) is 7.18. The maximum absolute atomic E-state index is 6.24. The summed E-state index contributed by atoms with van der Waals surface area (Å²) in [4.78, 5) is 4.28. The molecule has 0 amide bonds. The van der Waals surface area contributed by atoms with Crippen molar-refractivity contribution in [1.29, 1.82) is 0 Å². The molecule has 3 N–H and O–H groups in total. The third-order valence-corrected chi connectivity index (χ3v) is 4.57. The Hall–Kier alpha value is -1.14. The molecule has 1 aromatic carbocycles. The van der Waals surface area contributed by atoms with E-state index in [2.05, 4.69) is 22.9 Å². The average Bonchev–Trinajstić information content (AvgIpc) is 2.56. The molecule has 1 aromatic heterocycles. The van der Waals surface area contributed by atoms with Gasteiger partial charge in [0.15, 0.2) is 0 Å². The summed E-state index contributed by atoms with van der Waals surface area (Å²) in [7, 11) is 0. The lowest BCUT2D eigenvalue weighted by Crippen LogP contribution is -2.30. The van der Waals surface area contributed by atoms with Gasteiger partial charge in [-0.3, -0.25) is 0 Å². The van der Waals surface area contributed by atoms with E-state index in [0.717, 1.165) is 11.3 Å². The predicted octanol–water partition coefficient (Wildman–Crippen LogP) is 4.20. The minimum atomic E-state index is -0.296. The number of rotatable bonds is 7. The molecule has 2 unspecified atom stereocenters. The molecule has 0 fully saturated rings. The lowest BCUT2D eigenvalue weighted by molar-refractivity contribution is 0.219. The Labute approximate surface area is 151 Å². The third kappa shape index (κ3) is 4.91. The second kappa shape index (κ2) is 8.64. The fourth-order valence-electron chi connectivity index (χ4n) is 1.99. The highest BCUT2D eigenvalue weighted by molar-refractivity contribution is 7.80. The summed E-state index contributed by atoms with van der Waals surface area (Å²) in [6.45, 7) is 2.48. The standard InChI is InChI=1S/C16H19Cl2N3OS/c1-10(12-4-2-5-13(17)15(12)18)22-16-14(6-3-7-20-16)21-8-11(19)9-23/h2-7,10-11,21,23H,8-9,19H2,1H3. The molecule has 0 saturated carbocycles. The Morgan fingerprint density at radius 1 is 1.30 bits per heavy atom. The second-order valence-electron chi connectivity index (χ2n) is 5.08. The van der Waals surface area contributed by atoms with Crippen LogP contribution in [0.15, 0.2) is 36.5 Å². The van der Waals surface area contributed by atoms with E-state index in [1.807, 2.05) is 31.2 Å². The quantitative estimate of drug-likeness (QED) is 0.638. The van der Waals surface area contributed by atoms with E-state index in [0.29, 0.717) is 28.2 Å². The molecule has 124 valence electrons. The van der Waals surface area contributed by atoms with Gasteiger partial charge in [-0.05, 0) is 25.1 Å². The number of nitrogens with two attached hydrogens (primary N) is 1. The van der Waals surface area contributed by atoms with Gasteiger partial charge in [-0.15, -0.1) is 0 Å². The first-order valence-corrected chi connectivity index (χ1v) is 8.57. The topological polar surface area (TPSA) is 60.2 Å². The van der Waals surface area contributed by atoms with Crippen LogP contribution >= 0.6 is 35.8 Å². The molecule has 2 atom stereocenters. The number of nitrogens with one attached hydrogen (secondary N) is 1. The molecular formula is C16H19Cl2N3OS. The van der Waals surface area contributed by atoms with Crippen molar-refractivity contribution in [3.05, 3.63) is 52.1 Å². The Bertz CT molecular complexity index is 657. The van der Waals surface area contributed by atoms with Crippen LogP contribution in [0.3, 0.4) is 0 Å². The number of halogens is 2. The van der Waals surface area contributed by atoms with Crippen molar-refractivity contribution in [3.8, 4) is 5.88 Å². The smallest absolute Gasteiger partial charge is 0.237 e. The first kappa shape index (κ1) is 18.2. The summed E-state index contributed by atoms with van der Waals surface area (Å²) in [5.41, 5.74) is 7.45. The predicted molar refractivity (Wildman–Crippen MR) is 100 cm³/mol. The summed E-state index contributed by atoms with van der Waals surface area (Å²) in [6, 6.07) is 9.13. The van der Waals surface area contributed by atoms with Gasteiger partial charge < -0.3 is 15.8 Å². The molecular weight excluding hydrogens is 353 g/mol. The number of ether oxygens (including phenoxy) is 1. The largest absolute Gasteiger partial charge is 0.468 e. The van der Waals surface area contributed by atoms with Gasteiger partial charge in [0.05, 0.1) is 15.7 Å². The van der Waals surface area contributed by atoms with Gasteiger partial charge >= 0.3 is 0 Å². The fourth-order valence-corrected chi connectivity index (χ4v) is 2.58. The van der Waals surface area contributed by atoms with Crippen LogP contribution in [-0.4, -0.2) is 23.3 Å². The molecule has 0 spiro atoms. The normalized spacial score (nSPS) is 13.4. The Kier molecular flexibility index (Phi) is 6.84. The van der Waals surface area contributed by atoms with Crippen LogP contribution in [-0.2, 0) is 0 Å². The monoisotopic (exact) mass is 371 g/mol. The van der Waals surface area contributed by atoms with Gasteiger partial charge in [-0.2, -0.15) is 12.6 Å². The highest BCUT2D eigenvalue weighted by Crippen LogP contribution is 2.33. The number of hydrogen-bond donors (Lipinski definition) is 3. The van der Waals surface area contributed by atoms with Crippen molar-refractivity contribution in [2.24, 2.45) is 5.73 Å². The second-order valence-corrected chi connectivity index (χ2v) is 6.23. The van der Waals surface area contributed by atoms with E-state index >= 15 is 0 Å². The third-order valence-electron chi connectivity index (χ3n) is 3.27. The minimum Gasteiger partial charge on any atom is -0.468 e. The molecule has 0 aliphatic carbocycles. The number of nitrogens with zero attached hydrogens (tertiary/aromatic N) is 1. The van der Waals surface area contributed by atoms with Crippen molar-refractivity contribution >= 4 is 41.5 Å². The van der Waals surface area contributed by atoms with E-state index < -0.39 is 0 Å². The molecule has 1 heterocycles. The van der Waals surface area contributed by atoms with Crippen LogP contribution in [0.2, 0.25) is 10.0 Å². The van der Waals surface area contributed by atoms with E-state index in [9.17, 15) is 0 Å². The van der Waals surface area contributed by atoms with Crippen LogP contribution in [0.1, 0.15) is 18.6 Å². The van der Waals surface area contributed by atoms with Crippen LogP contribution < -0.4 is 15.8 Å². The Morgan fingerprint density at radius 3 is 2.83 bits per heavy atom. The summed E-state index contributed by atoms with van der Waals surface area (Å²) in [6.07, 6.45) is 1.38. The van der Waals surface area contributed by atoms with E-state index in [-0.39, 0.29) is 12.1 Å². The molecule has 0 bridgehead atoms. The molecule has 0 radical (unpaired) electrons. The summed E-state index contributed by atoms with van der Waals surface area (Å²) in [5.74, 6) is 1.08. The van der Waals surface area contributed by atoms with Gasteiger partial charge in [0.1, 0.15) is 6.10 Å². The molecule has 23 heavy (non-hydrogen) atoms. The highest BCUT2D eigenvalue weighted by Gasteiger charge is 2.16. The molecule has 7 heteroatoms. The highest BCUT2D eigenvalue weighted by atomic mass is 35.5. The summed E-state index contributed by atoms with van der Waals surface area (Å²) < 4.78 is 5.96. The van der Waals surface area contributed by atoms with Crippen molar-refractivity contribution in [3.63, 3.8) is 0 Å². The molecule has 0 aliphatic rings. The maximum Gasteiger partial charge on any atom is 0.237 e. The maximum atomic E-state index is 6.24. The zero-order valence-electron chi connectivity index (χ0n) is 12.7. The number of aromatic nitrogens is 1. The average molecular weight is 372 g/mol. The van der Waals surface area contributed by atoms with Crippen molar-refractivity contribution in [2.45, 2.75) is 19.1 Å². The van der Waals surface area contributed by atoms with Crippen LogP contribution in [0.4, 0.5) is 5.69 Å². The molecule has 0 aliphatic heterocycles. The molecule has 0 saturated heterocycles. The van der Waals surface area contributed by atoms with Gasteiger partial charge in [0, 0.05) is 30.1 Å². The minimum absolute atomic E-state index is 0.0498. The number of benzene rings is 1. The lowest BCUT2D eigenvalue weighted by Gasteiger charge is -2.19. The van der Waals surface area contributed by atoms with Gasteiger partial charge in [-0.1, -0.05) is 35.3 Å². The van der Waals surface area contributed by atoms with Gasteiger partial charge in [0.25, 0.3) is 0 Å².